The Morgan fingerprint density at radius 1 is 0.931 bits per heavy atom. The highest BCUT2D eigenvalue weighted by Crippen LogP contribution is 2.30. The van der Waals surface area contributed by atoms with Gasteiger partial charge in [-0.15, -0.1) is 0 Å². The van der Waals surface area contributed by atoms with Crippen molar-refractivity contribution in [1.29, 1.82) is 0 Å². The van der Waals surface area contributed by atoms with E-state index in [1.807, 2.05) is 30.3 Å². The van der Waals surface area contributed by atoms with Crippen LogP contribution in [0.1, 0.15) is 17.0 Å². The highest BCUT2D eigenvalue weighted by molar-refractivity contribution is 5.94. The van der Waals surface area contributed by atoms with Crippen molar-refractivity contribution in [3.05, 3.63) is 96.1 Å². The van der Waals surface area contributed by atoms with Gasteiger partial charge in [-0.05, 0) is 17.7 Å². The second kappa shape index (κ2) is 7.24. The van der Waals surface area contributed by atoms with E-state index in [2.05, 4.69) is 62.3 Å². The van der Waals surface area contributed by atoms with Crippen molar-refractivity contribution >= 4 is 16.7 Å². The lowest BCUT2D eigenvalue weighted by atomic mass is 10.1. The second-order valence-electron chi connectivity index (χ2n) is 6.91. The zero-order valence-corrected chi connectivity index (χ0v) is 15.7. The first-order valence-electron chi connectivity index (χ1n) is 9.42. The summed E-state index contributed by atoms with van der Waals surface area (Å²) in [6, 6.07) is 22.4. The van der Waals surface area contributed by atoms with Crippen molar-refractivity contribution in [2.24, 2.45) is 0 Å². The summed E-state index contributed by atoms with van der Waals surface area (Å²) >= 11 is 0. The van der Waals surface area contributed by atoms with Crippen molar-refractivity contribution in [1.82, 2.24) is 19.7 Å². The van der Waals surface area contributed by atoms with Gasteiger partial charge >= 0.3 is 0 Å². The molecule has 0 fully saturated rings. The van der Waals surface area contributed by atoms with Crippen LogP contribution in [0, 0.1) is 0 Å². The second-order valence-corrected chi connectivity index (χ2v) is 6.91. The third-order valence-electron chi connectivity index (χ3n) is 4.96. The Labute approximate surface area is 167 Å². The zero-order valence-electron chi connectivity index (χ0n) is 15.7. The molecule has 0 aliphatic carbocycles. The molecule has 0 amide bonds. The SMILES string of the molecule is Nc1ncccc1Cc1noc(-c2cn(Cc3ccccc3)c3ccccc23)n1. The summed E-state index contributed by atoms with van der Waals surface area (Å²) in [5.41, 5.74) is 10.1. The molecule has 142 valence electrons. The number of benzene rings is 2. The summed E-state index contributed by atoms with van der Waals surface area (Å²) in [6.45, 7) is 0.772. The maximum atomic E-state index is 5.94. The molecule has 0 radical (unpaired) electrons. The van der Waals surface area contributed by atoms with E-state index >= 15 is 0 Å². The molecule has 0 atom stereocenters. The predicted molar refractivity (Wildman–Crippen MR) is 112 cm³/mol. The fourth-order valence-electron chi connectivity index (χ4n) is 3.53. The number of rotatable bonds is 5. The lowest BCUT2D eigenvalue weighted by Gasteiger charge is -2.05. The van der Waals surface area contributed by atoms with E-state index in [4.69, 9.17) is 10.3 Å². The monoisotopic (exact) mass is 381 g/mol. The first kappa shape index (κ1) is 17.2. The van der Waals surface area contributed by atoms with Crippen LogP contribution in [0.25, 0.3) is 22.4 Å². The molecule has 0 aliphatic heterocycles. The summed E-state index contributed by atoms with van der Waals surface area (Å²) in [6.07, 6.45) is 4.22. The molecule has 0 aliphatic rings. The molecule has 0 spiro atoms. The third kappa shape index (κ3) is 3.36. The number of nitrogen functional groups attached to an aromatic ring is 1. The summed E-state index contributed by atoms with van der Waals surface area (Å²) in [5, 5.41) is 5.23. The van der Waals surface area contributed by atoms with E-state index in [1.165, 1.54) is 5.56 Å². The summed E-state index contributed by atoms with van der Waals surface area (Å²) in [5.74, 6) is 1.57. The standard InChI is InChI=1S/C23H19N5O/c24-22-17(9-6-12-25-22)13-21-26-23(29-27-21)19-15-28(14-16-7-2-1-3-8-16)20-11-5-4-10-18(19)20/h1-12,15H,13-14H2,(H2,24,25). The average molecular weight is 381 g/mol. The van der Waals surface area contributed by atoms with Crippen molar-refractivity contribution in [2.75, 3.05) is 5.73 Å². The first-order valence-corrected chi connectivity index (χ1v) is 9.42. The Bertz CT molecular complexity index is 1270. The average Bonchev–Trinajstić information content (AvgIpc) is 3.36. The summed E-state index contributed by atoms with van der Waals surface area (Å²) in [7, 11) is 0. The molecule has 0 bridgehead atoms. The predicted octanol–water partition coefficient (Wildman–Crippen LogP) is 4.31. The van der Waals surface area contributed by atoms with E-state index in [0.29, 0.717) is 24.0 Å². The maximum absolute atomic E-state index is 5.94. The molecule has 5 aromatic rings. The highest BCUT2D eigenvalue weighted by atomic mass is 16.5. The zero-order chi connectivity index (χ0) is 19.6. The first-order chi connectivity index (χ1) is 14.3. The molecule has 2 N–H and O–H groups in total. The Hall–Kier alpha value is -3.93. The van der Waals surface area contributed by atoms with Gasteiger partial charge in [-0.25, -0.2) is 4.98 Å². The van der Waals surface area contributed by atoms with E-state index in [9.17, 15) is 0 Å². The van der Waals surface area contributed by atoms with Crippen LogP contribution in [0.5, 0.6) is 0 Å². The van der Waals surface area contributed by atoms with Crippen LogP contribution in [-0.2, 0) is 13.0 Å². The number of anilines is 1. The van der Waals surface area contributed by atoms with Crippen LogP contribution in [0.2, 0.25) is 0 Å². The minimum atomic E-state index is 0.478. The minimum absolute atomic E-state index is 0.478. The molecule has 6 nitrogen and oxygen atoms in total. The van der Waals surface area contributed by atoms with Crippen LogP contribution in [0.3, 0.4) is 0 Å². The highest BCUT2D eigenvalue weighted by Gasteiger charge is 2.17. The molecule has 2 aromatic carbocycles. The molecular formula is C23H19N5O. The molecule has 3 heterocycles. The number of aromatic nitrogens is 4. The topological polar surface area (TPSA) is 82.8 Å². The van der Waals surface area contributed by atoms with Gasteiger partial charge in [0.2, 0.25) is 0 Å². The Morgan fingerprint density at radius 3 is 2.62 bits per heavy atom. The van der Waals surface area contributed by atoms with Crippen LogP contribution < -0.4 is 5.73 Å². The van der Waals surface area contributed by atoms with Gasteiger partial charge < -0.3 is 14.8 Å². The van der Waals surface area contributed by atoms with E-state index in [-0.39, 0.29) is 0 Å². The number of para-hydroxylation sites is 1. The Kier molecular flexibility index (Phi) is 4.29. The minimum Gasteiger partial charge on any atom is -0.383 e. The van der Waals surface area contributed by atoms with Crippen LogP contribution in [0.4, 0.5) is 5.82 Å². The largest absolute Gasteiger partial charge is 0.383 e. The summed E-state index contributed by atoms with van der Waals surface area (Å²) in [4.78, 5) is 8.73. The van der Waals surface area contributed by atoms with Gasteiger partial charge in [-0.2, -0.15) is 4.98 Å². The lowest BCUT2D eigenvalue weighted by molar-refractivity contribution is 0.424. The number of hydrogen-bond donors (Lipinski definition) is 1. The molecule has 0 saturated carbocycles. The van der Waals surface area contributed by atoms with Crippen LogP contribution >= 0.6 is 0 Å². The number of nitrogens with zero attached hydrogens (tertiary/aromatic N) is 4. The molecule has 6 heteroatoms. The number of fused-ring (bicyclic) bond motifs is 1. The maximum Gasteiger partial charge on any atom is 0.260 e. The van der Waals surface area contributed by atoms with Gasteiger partial charge in [0, 0.05) is 41.8 Å². The van der Waals surface area contributed by atoms with E-state index in [1.54, 1.807) is 6.20 Å². The van der Waals surface area contributed by atoms with E-state index < -0.39 is 0 Å². The van der Waals surface area contributed by atoms with E-state index in [0.717, 1.165) is 28.6 Å². The third-order valence-corrected chi connectivity index (χ3v) is 4.96. The molecule has 29 heavy (non-hydrogen) atoms. The van der Waals surface area contributed by atoms with Crippen molar-refractivity contribution < 1.29 is 4.52 Å². The fraction of sp³-hybridized carbons (Fsp3) is 0.0870. The molecular weight excluding hydrogens is 362 g/mol. The normalized spacial score (nSPS) is 11.2. The Balaban J connectivity index is 1.51. The van der Waals surface area contributed by atoms with Gasteiger partial charge in [-0.1, -0.05) is 59.8 Å². The van der Waals surface area contributed by atoms with Gasteiger partial charge in [0.25, 0.3) is 5.89 Å². The summed E-state index contributed by atoms with van der Waals surface area (Å²) < 4.78 is 7.81. The van der Waals surface area contributed by atoms with Crippen molar-refractivity contribution in [2.45, 2.75) is 13.0 Å². The molecule has 0 unspecified atom stereocenters. The van der Waals surface area contributed by atoms with Crippen LogP contribution in [0.15, 0.2) is 83.6 Å². The van der Waals surface area contributed by atoms with Crippen LogP contribution in [-0.4, -0.2) is 19.7 Å². The Morgan fingerprint density at radius 2 is 1.76 bits per heavy atom. The number of nitrogens with two attached hydrogens (primary N) is 1. The molecule has 0 saturated heterocycles. The van der Waals surface area contributed by atoms with Crippen molar-refractivity contribution in [3.8, 4) is 11.5 Å². The van der Waals surface area contributed by atoms with Gasteiger partial charge in [0.05, 0.1) is 5.56 Å². The quantitative estimate of drug-likeness (QED) is 0.491. The van der Waals surface area contributed by atoms with Gasteiger partial charge in [0.15, 0.2) is 5.82 Å². The number of pyridine rings is 1. The van der Waals surface area contributed by atoms with Gasteiger partial charge in [-0.3, -0.25) is 0 Å². The molecule has 3 aromatic heterocycles. The lowest BCUT2D eigenvalue weighted by Crippen LogP contribution is -1.99. The fourth-order valence-corrected chi connectivity index (χ4v) is 3.53. The van der Waals surface area contributed by atoms with Gasteiger partial charge in [0.1, 0.15) is 5.82 Å². The smallest absolute Gasteiger partial charge is 0.260 e. The van der Waals surface area contributed by atoms with Crippen molar-refractivity contribution in [3.63, 3.8) is 0 Å². The molecule has 5 rings (SSSR count). The number of hydrogen-bond acceptors (Lipinski definition) is 5.